The van der Waals surface area contributed by atoms with Crippen molar-refractivity contribution in [3.8, 4) is 0 Å². The normalized spacial score (nSPS) is 11.9. The Morgan fingerprint density at radius 2 is 2.25 bits per heavy atom. The van der Waals surface area contributed by atoms with Crippen LogP contribution in [0.15, 0.2) is 12.3 Å². The van der Waals surface area contributed by atoms with Crippen LogP contribution in [0.1, 0.15) is 49.9 Å². The molecule has 0 aromatic carbocycles. The zero-order valence-electron chi connectivity index (χ0n) is 12.6. The van der Waals surface area contributed by atoms with Crippen molar-refractivity contribution < 1.29 is 9.53 Å². The van der Waals surface area contributed by atoms with Crippen LogP contribution in [0.5, 0.6) is 0 Å². The van der Waals surface area contributed by atoms with Crippen molar-refractivity contribution in [1.29, 1.82) is 0 Å². The predicted molar refractivity (Wildman–Crippen MR) is 81.8 cm³/mol. The molecule has 0 saturated carbocycles. The van der Waals surface area contributed by atoms with E-state index in [1.54, 1.807) is 12.3 Å². The maximum absolute atomic E-state index is 11.7. The van der Waals surface area contributed by atoms with Crippen LogP contribution in [0.25, 0.3) is 0 Å². The second-order valence-corrected chi connectivity index (χ2v) is 4.95. The number of nitrogens with one attached hydrogen (secondary N) is 1. The third-order valence-corrected chi connectivity index (χ3v) is 3.42. The molecule has 0 aliphatic carbocycles. The number of hydrogen-bond donors (Lipinski definition) is 2. The van der Waals surface area contributed by atoms with E-state index in [2.05, 4.69) is 24.1 Å². The van der Waals surface area contributed by atoms with Crippen LogP contribution in [0.2, 0.25) is 0 Å². The van der Waals surface area contributed by atoms with Gasteiger partial charge in [-0.05, 0) is 18.4 Å². The van der Waals surface area contributed by atoms with Gasteiger partial charge in [-0.25, -0.2) is 9.78 Å². The summed E-state index contributed by atoms with van der Waals surface area (Å²) in [6.45, 7) is 5.17. The van der Waals surface area contributed by atoms with E-state index in [4.69, 9.17) is 10.5 Å². The van der Waals surface area contributed by atoms with Crippen LogP contribution >= 0.6 is 0 Å². The van der Waals surface area contributed by atoms with Crippen molar-refractivity contribution in [1.82, 2.24) is 4.98 Å². The Labute approximate surface area is 120 Å². The van der Waals surface area contributed by atoms with Crippen molar-refractivity contribution in [3.63, 3.8) is 0 Å². The monoisotopic (exact) mass is 279 g/mol. The summed E-state index contributed by atoms with van der Waals surface area (Å²) >= 11 is 0. The van der Waals surface area contributed by atoms with E-state index in [-0.39, 0.29) is 0 Å². The van der Waals surface area contributed by atoms with Crippen molar-refractivity contribution in [2.24, 2.45) is 5.92 Å². The Morgan fingerprint density at radius 3 is 2.85 bits per heavy atom. The average molecular weight is 279 g/mol. The minimum Gasteiger partial charge on any atom is -0.465 e. The maximum Gasteiger partial charge on any atom is 0.341 e. The van der Waals surface area contributed by atoms with E-state index < -0.39 is 5.97 Å². The number of carbonyl (C=O) groups excluding carboxylic acids is 1. The number of hydrogen-bond acceptors (Lipinski definition) is 5. The molecule has 1 unspecified atom stereocenters. The summed E-state index contributed by atoms with van der Waals surface area (Å²) in [6.07, 6.45) is 6.25. The third-order valence-electron chi connectivity index (χ3n) is 3.42. The van der Waals surface area contributed by atoms with Gasteiger partial charge in [0.2, 0.25) is 0 Å². The highest BCUT2D eigenvalue weighted by atomic mass is 16.5. The summed E-state index contributed by atoms with van der Waals surface area (Å²) in [7, 11) is 1.35. The number of nitrogens with zero attached hydrogens (tertiary/aromatic N) is 1. The standard InChI is InChI=1S/C15H25N3O2/c1-4-6-7-11(5-2)9-17-14-13(15(19)20-3)8-12(16)10-18-14/h8,10-11H,4-7,9,16H2,1-3H3,(H,17,18). The summed E-state index contributed by atoms with van der Waals surface area (Å²) in [5, 5.41) is 3.25. The smallest absolute Gasteiger partial charge is 0.341 e. The molecule has 0 aliphatic heterocycles. The minimum absolute atomic E-state index is 0.387. The minimum atomic E-state index is -0.422. The fraction of sp³-hybridized carbons (Fsp3) is 0.600. The molecule has 1 rings (SSSR count). The number of nitrogen functional groups attached to an aromatic ring is 1. The van der Waals surface area contributed by atoms with Gasteiger partial charge in [-0.1, -0.05) is 33.1 Å². The highest BCUT2D eigenvalue weighted by Crippen LogP contribution is 2.19. The molecule has 1 aromatic rings. The summed E-state index contributed by atoms with van der Waals surface area (Å²) in [5.74, 6) is 0.703. The molecule has 0 radical (unpaired) electrons. The zero-order valence-corrected chi connectivity index (χ0v) is 12.6. The molecule has 0 aliphatic rings. The number of ether oxygens (including phenoxy) is 1. The van der Waals surface area contributed by atoms with E-state index in [0.717, 1.165) is 13.0 Å². The molecule has 1 atom stereocenters. The van der Waals surface area contributed by atoms with Crippen LogP contribution in [0.4, 0.5) is 11.5 Å². The Kier molecular flexibility index (Phi) is 6.84. The Bertz CT molecular complexity index is 435. The summed E-state index contributed by atoms with van der Waals surface area (Å²) in [5.41, 5.74) is 6.51. The lowest BCUT2D eigenvalue weighted by Crippen LogP contribution is -2.17. The Balaban J connectivity index is 2.73. The van der Waals surface area contributed by atoms with Gasteiger partial charge in [0.25, 0.3) is 0 Å². The van der Waals surface area contributed by atoms with Crippen LogP contribution in [-0.4, -0.2) is 24.6 Å². The molecule has 0 fully saturated rings. The van der Waals surface area contributed by atoms with Crippen LogP contribution in [0, 0.1) is 5.92 Å². The molecule has 0 amide bonds. The first-order chi connectivity index (χ1) is 9.62. The molecule has 112 valence electrons. The highest BCUT2D eigenvalue weighted by molar-refractivity contribution is 5.95. The average Bonchev–Trinajstić information content (AvgIpc) is 2.47. The SMILES string of the molecule is CCCCC(CC)CNc1ncc(N)cc1C(=O)OC. The molecule has 1 aromatic heterocycles. The topological polar surface area (TPSA) is 77.2 Å². The number of methoxy groups -OCH3 is 1. The van der Waals surface area contributed by atoms with Crippen molar-refractivity contribution in [3.05, 3.63) is 17.8 Å². The molecule has 5 heteroatoms. The van der Waals surface area contributed by atoms with E-state index in [9.17, 15) is 4.79 Å². The zero-order chi connectivity index (χ0) is 15.0. The van der Waals surface area contributed by atoms with Gasteiger partial charge in [-0.3, -0.25) is 0 Å². The van der Waals surface area contributed by atoms with E-state index >= 15 is 0 Å². The number of esters is 1. The predicted octanol–water partition coefficient (Wildman–Crippen LogP) is 3.08. The number of aromatic nitrogens is 1. The Morgan fingerprint density at radius 1 is 1.50 bits per heavy atom. The van der Waals surface area contributed by atoms with Crippen molar-refractivity contribution in [2.45, 2.75) is 39.5 Å². The summed E-state index contributed by atoms with van der Waals surface area (Å²) in [6, 6.07) is 1.59. The molecule has 20 heavy (non-hydrogen) atoms. The second kappa shape index (κ2) is 8.40. The van der Waals surface area contributed by atoms with E-state index in [1.165, 1.54) is 26.4 Å². The van der Waals surface area contributed by atoms with Gasteiger partial charge in [-0.2, -0.15) is 0 Å². The summed E-state index contributed by atoms with van der Waals surface area (Å²) < 4.78 is 4.76. The molecule has 3 N–H and O–H groups in total. The first-order valence-corrected chi connectivity index (χ1v) is 7.20. The van der Waals surface area contributed by atoms with E-state index in [0.29, 0.717) is 23.0 Å². The number of pyridine rings is 1. The lowest BCUT2D eigenvalue weighted by molar-refractivity contribution is 0.0601. The Hall–Kier alpha value is -1.78. The largest absolute Gasteiger partial charge is 0.465 e. The van der Waals surface area contributed by atoms with Gasteiger partial charge in [0.15, 0.2) is 0 Å². The third kappa shape index (κ3) is 4.72. The first-order valence-electron chi connectivity index (χ1n) is 7.20. The summed E-state index contributed by atoms with van der Waals surface area (Å²) in [4.78, 5) is 15.9. The fourth-order valence-corrected chi connectivity index (χ4v) is 2.07. The maximum atomic E-state index is 11.7. The van der Waals surface area contributed by atoms with Crippen LogP contribution in [0.3, 0.4) is 0 Å². The lowest BCUT2D eigenvalue weighted by atomic mass is 9.99. The molecular formula is C15H25N3O2. The van der Waals surface area contributed by atoms with Crippen LogP contribution in [-0.2, 0) is 4.74 Å². The number of carbonyl (C=O) groups is 1. The molecule has 1 heterocycles. The van der Waals surface area contributed by atoms with Gasteiger partial charge >= 0.3 is 5.97 Å². The first kappa shape index (κ1) is 16.3. The number of anilines is 2. The van der Waals surface area contributed by atoms with Gasteiger partial charge in [0, 0.05) is 6.54 Å². The van der Waals surface area contributed by atoms with Crippen molar-refractivity contribution in [2.75, 3.05) is 24.7 Å². The number of nitrogens with two attached hydrogens (primary N) is 1. The molecule has 0 spiro atoms. The lowest BCUT2D eigenvalue weighted by Gasteiger charge is -2.17. The van der Waals surface area contributed by atoms with Crippen molar-refractivity contribution >= 4 is 17.5 Å². The molecule has 5 nitrogen and oxygen atoms in total. The fourth-order valence-electron chi connectivity index (χ4n) is 2.07. The van der Waals surface area contributed by atoms with Gasteiger partial charge in [0.05, 0.1) is 19.0 Å². The number of rotatable bonds is 8. The number of unbranched alkanes of at least 4 members (excludes halogenated alkanes) is 1. The van der Waals surface area contributed by atoms with Crippen LogP contribution < -0.4 is 11.1 Å². The van der Waals surface area contributed by atoms with Gasteiger partial charge in [0.1, 0.15) is 11.4 Å². The van der Waals surface area contributed by atoms with E-state index in [1.807, 2.05) is 0 Å². The second-order valence-electron chi connectivity index (χ2n) is 4.95. The van der Waals surface area contributed by atoms with Gasteiger partial charge < -0.3 is 15.8 Å². The molecular weight excluding hydrogens is 254 g/mol. The highest BCUT2D eigenvalue weighted by Gasteiger charge is 2.15. The quantitative estimate of drug-likeness (QED) is 0.715. The molecule has 0 bridgehead atoms. The molecule has 0 saturated heterocycles. The van der Waals surface area contributed by atoms with Gasteiger partial charge in [-0.15, -0.1) is 0 Å².